The van der Waals surface area contributed by atoms with Crippen molar-refractivity contribution in [2.75, 3.05) is 31.1 Å². The Morgan fingerprint density at radius 1 is 1.36 bits per heavy atom. The van der Waals surface area contributed by atoms with Crippen molar-refractivity contribution in [1.29, 1.82) is 0 Å². The maximum absolute atomic E-state index is 12.8. The van der Waals surface area contributed by atoms with Crippen LogP contribution in [0.4, 0.5) is 4.39 Å². The molecule has 0 aromatic heterocycles. The van der Waals surface area contributed by atoms with Gasteiger partial charge in [0, 0.05) is 43.6 Å². The van der Waals surface area contributed by atoms with Crippen molar-refractivity contribution >= 4 is 36.0 Å². The van der Waals surface area contributed by atoms with E-state index in [0.717, 1.165) is 23.6 Å². The van der Waals surface area contributed by atoms with Crippen LogP contribution >= 0.6 is 24.2 Å². The first-order chi connectivity index (χ1) is 11.6. The van der Waals surface area contributed by atoms with Crippen molar-refractivity contribution < 1.29 is 14.0 Å². The number of halogens is 2. The maximum Gasteiger partial charge on any atom is 0.239 e. The Kier molecular flexibility index (Phi) is 9.85. The van der Waals surface area contributed by atoms with Crippen molar-refractivity contribution in [1.82, 2.24) is 15.5 Å². The third-order valence-corrected chi connectivity index (χ3v) is 5.02. The molecule has 1 atom stereocenters. The van der Waals surface area contributed by atoms with Gasteiger partial charge in [-0.1, -0.05) is 12.1 Å². The van der Waals surface area contributed by atoms with E-state index in [9.17, 15) is 14.0 Å². The summed E-state index contributed by atoms with van der Waals surface area (Å²) in [5, 5.41) is 6.10. The number of benzene rings is 1. The van der Waals surface area contributed by atoms with Crippen LogP contribution in [0.2, 0.25) is 0 Å². The van der Waals surface area contributed by atoms with Crippen LogP contribution in [0.5, 0.6) is 0 Å². The summed E-state index contributed by atoms with van der Waals surface area (Å²) >= 11 is 1.85. The van der Waals surface area contributed by atoms with E-state index in [4.69, 9.17) is 0 Å². The zero-order valence-electron chi connectivity index (χ0n) is 14.3. The minimum Gasteiger partial charge on any atom is -0.350 e. The van der Waals surface area contributed by atoms with E-state index in [1.807, 2.05) is 18.7 Å². The summed E-state index contributed by atoms with van der Waals surface area (Å²) in [4.78, 5) is 26.0. The molecule has 2 N–H and O–H groups in total. The van der Waals surface area contributed by atoms with Crippen molar-refractivity contribution in [2.24, 2.45) is 0 Å². The average molecular weight is 390 g/mol. The Bertz CT molecular complexity index is 553. The van der Waals surface area contributed by atoms with E-state index < -0.39 is 0 Å². The van der Waals surface area contributed by atoms with Crippen molar-refractivity contribution in [3.63, 3.8) is 0 Å². The molecule has 1 aliphatic rings. The molecule has 0 bridgehead atoms. The van der Waals surface area contributed by atoms with Crippen LogP contribution in [0.25, 0.3) is 0 Å². The summed E-state index contributed by atoms with van der Waals surface area (Å²) in [5.41, 5.74) is 0.822. The number of hydrogen-bond acceptors (Lipinski definition) is 4. The van der Waals surface area contributed by atoms with Gasteiger partial charge in [0.1, 0.15) is 5.82 Å². The highest BCUT2D eigenvalue weighted by atomic mass is 35.5. The molecule has 1 unspecified atom stereocenters. The maximum atomic E-state index is 12.8. The smallest absolute Gasteiger partial charge is 0.239 e. The fraction of sp³-hybridized carbons (Fsp3) is 0.529. The Labute approximate surface area is 158 Å². The first kappa shape index (κ1) is 21.7. The second-order valence-corrected chi connectivity index (χ2v) is 6.89. The minimum absolute atomic E-state index is 0. The molecule has 1 fully saturated rings. The molecule has 140 valence electrons. The number of nitrogens with zero attached hydrogens (tertiary/aromatic N) is 1. The third-order valence-electron chi connectivity index (χ3n) is 3.89. The number of likely N-dealkylation sites (N-methyl/N-ethyl adjacent to an activating group) is 1. The summed E-state index contributed by atoms with van der Waals surface area (Å²) in [5.74, 6) is 1.49. The van der Waals surface area contributed by atoms with Crippen molar-refractivity contribution in [3.8, 4) is 0 Å². The lowest BCUT2D eigenvalue weighted by atomic mass is 10.2. The van der Waals surface area contributed by atoms with Crippen molar-refractivity contribution in [3.05, 3.63) is 35.6 Å². The van der Waals surface area contributed by atoms with Gasteiger partial charge in [-0.25, -0.2) is 4.39 Å². The van der Waals surface area contributed by atoms with Gasteiger partial charge in [0.05, 0.1) is 6.54 Å². The topological polar surface area (TPSA) is 61.4 Å². The zero-order valence-corrected chi connectivity index (χ0v) is 15.9. The third kappa shape index (κ3) is 7.63. The van der Waals surface area contributed by atoms with E-state index in [1.165, 1.54) is 12.1 Å². The molecule has 0 aliphatic carbocycles. The van der Waals surface area contributed by atoms with E-state index in [-0.39, 0.29) is 42.6 Å². The van der Waals surface area contributed by atoms with Crippen LogP contribution in [-0.2, 0) is 16.1 Å². The van der Waals surface area contributed by atoms with Crippen LogP contribution in [0.1, 0.15) is 18.9 Å². The van der Waals surface area contributed by atoms with Gasteiger partial charge in [-0.05, 0) is 24.6 Å². The number of carbonyl (C=O) groups is 2. The molecule has 2 amide bonds. The molecule has 0 saturated carbocycles. The molecule has 1 saturated heterocycles. The number of rotatable bonds is 7. The monoisotopic (exact) mass is 389 g/mol. The van der Waals surface area contributed by atoms with Gasteiger partial charge >= 0.3 is 0 Å². The molecule has 0 radical (unpaired) electrons. The molecule has 25 heavy (non-hydrogen) atoms. The highest BCUT2D eigenvalue weighted by molar-refractivity contribution is 7.99. The average Bonchev–Trinajstić information content (AvgIpc) is 2.60. The normalized spacial score (nSPS) is 16.6. The van der Waals surface area contributed by atoms with Gasteiger partial charge in [0.25, 0.3) is 0 Å². The first-order valence-corrected chi connectivity index (χ1v) is 9.34. The molecule has 1 aromatic rings. The summed E-state index contributed by atoms with van der Waals surface area (Å²) in [6.07, 6.45) is 0.423. The lowest BCUT2D eigenvalue weighted by Crippen LogP contribution is -2.45. The molecule has 2 rings (SSSR count). The van der Waals surface area contributed by atoms with Gasteiger partial charge < -0.3 is 15.5 Å². The highest BCUT2D eigenvalue weighted by Gasteiger charge is 2.21. The summed E-state index contributed by atoms with van der Waals surface area (Å²) < 4.78 is 12.8. The fourth-order valence-electron chi connectivity index (χ4n) is 2.50. The predicted octanol–water partition coefficient (Wildman–Crippen LogP) is 1.81. The van der Waals surface area contributed by atoms with Gasteiger partial charge in [-0.15, -0.1) is 12.4 Å². The number of hydrogen-bond donors (Lipinski definition) is 2. The first-order valence-electron chi connectivity index (χ1n) is 8.18. The fourth-order valence-corrected chi connectivity index (χ4v) is 3.45. The molecule has 1 heterocycles. The van der Waals surface area contributed by atoms with Crippen LogP contribution in [0.3, 0.4) is 0 Å². The van der Waals surface area contributed by atoms with E-state index in [0.29, 0.717) is 19.5 Å². The number of amides is 2. The largest absolute Gasteiger partial charge is 0.350 e. The van der Waals surface area contributed by atoms with Crippen molar-refractivity contribution in [2.45, 2.75) is 25.9 Å². The van der Waals surface area contributed by atoms with E-state index in [2.05, 4.69) is 10.6 Å². The quantitative estimate of drug-likeness (QED) is 0.746. The predicted molar refractivity (Wildman–Crippen MR) is 101 cm³/mol. The number of nitrogens with one attached hydrogen (secondary N) is 2. The summed E-state index contributed by atoms with van der Waals surface area (Å²) in [7, 11) is 0. The Balaban J connectivity index is 0.00000312. The lowest BCUT2D eigenvalue weighted by molar-refractivity contribution is -0.136. The van der Waals surface area contributed by atoms with E-state index >= 15 is 0 Å². The van der Waals surface area contributed by atoms with Gasteiger partial charge in [0.2, 0.25) is 11.8 Å². The number of thioether (sulfide) groups is 1. The molecular weight excluding hydrogens is 365 g/mol. The molecule has 8 heteroatoms. The van der Waals surface area contributed by atoms with Gasteiger partial charge in [-0.3, -0.25) is 9.59 Å². The molecule has 1 aromatic carbocycles. The minimum atomic E-state index is -0.303. The van der Waals surface area contributed by atoms with Gasteiger partial charge in [-0.2, -0.15) is 11.8 Å². The Morgan fingerprint density at radius 2 is 2.08 bits per heavy atom. The Hall–Kier alpha value is -1.31. The zero-order chi connectivity index (χ0) is 17.4. The van der Waals surface area contributed by atoms with Crippen LogP contribution in [-0.4, -0.2) is 53.9 Å². The van der Waals surface area contributed by atoms with Crippen LogP contribution in [0, 0.1) is 5.82 Å². The summed E-state index contributed by atoms with van der Waals surface area (Å²) in [6, 6.07) is 6.17. The van der Waals surface area contributed by atoms with Crippen LogP contribution < -0.4 is 10.6 Å². The summed E-state index contributed by atoms with van der Waals surface area (Å²) in [6.45, 7) is 3.67. The lowest BCUT2D eigenvalue weighted by Gasteiger charge is -2.26. The second kappa shape index (κ2) is 11.3. The molecular formula is C17H25ClFN3O2S. The van der Waals surface area contributed by atoms with E-state index in [1.54, 1.807) is 17.0 Å². The van der Waals surface area contributed by atoms with Gasteiger partial charge in [0.15, 0.2) is 0 Å². The molecule has 1 aliphatic heterocycles. The second-order valence-electron chi connectivity index (χ2n) is 5.74. The Morgan fingerprint density at radius 3 is 2.68 bits per heavy atom. The molecule has 0 spiro atoms. The number of carbonyl (C=O) groups excluding carboxylic acids is 2. The highest BCUT2D eigenvalue weighted by Crippen LogP contribution is 2.11. The standard InChI is InChI=1S/C17H24FN3O2S.ClH/c1-2-21(17(23)9-15-12-24-8-7-19-15)11-16(22)20-10-13-3-5-14(18)6-4-13;/h3-6,15,19H,2,7-12H2,1H3,(H,20,22);1H. The van der Waals surface area contributed by atoms with Crippen LogP contribution in [0.15, 0.2) is 24.3 Å². The molecule has 5 nitrogen and oxygen atoms in total. The SMILES string of the molecule is CCN(CC(=O)NCc1ccc(F)cc1)C(=O)CC1CSCCN1.Cl.